The minimum Gasteiger partial charge on any atom is -0.388 e. The summed E-state index contributed by atoms with van der Waals surface area (Å²) >= 11 is 0. The first-order valence-corrected chi connectivity index (χ1v) is 6.36. The van der Waals surface area contributed by atoms with Gasteiger partial charge in [0.1, 0.15) is 0 Å². The summed E-state index contributed by atoms with van der Waals surface area (Å²) in [6.07, 6.45) is 1.99. The van der Waals surface area contributed by atoms with Crippen LogP contribution in [0.5, 0.6) is 0 Å². The average molecular weight is 265 g/mol. The fraction of sp³-hybridized carbons (Fsp3) is 0.538. The molecule has 19 heavy (non-hydrogen) atoms. The van der Waals surface area contributed by atoms with Crippen LogP contribution in [0.1, 0.15) is 19.8 Å². The van der Waals surface area contributed by atoms with E-state index in [-0.39, 0.29) is 16.1 Å². The van der Waals surface area contributed by atoms with Crippen LogP contribution in [-0.2, 0) is 4.74 Å². The summed E-state index contributed by atoms with van der Waals surface area (Å²) in [7, 11) is 1.74. The number of hydrogen-bond donors (Lipinski definition) is 2. The first kappa shape index (κ1) is 13.6. The second-order valence-corrected chi connectivity index (χ2v) is 5.12. The maximum absolute atomic E-state index is 10.9. The number of rotatable bonds is 4. The van der Waals surface area contributed by atoms with Crippen LogP contribution in [0.25, 0.3) is 0 Å². The maximum atomic E-state index is 10.9. The first-order chi connectivity index (χ1) is 9.02. The lowest BCUT2D eigenvalue weighted by atomic mass is 9.94. The van der Waals surface area contributed by atoms with Gasteiger partial charge < -0.3 is 15.4 Å². The van der Waals surface area contributed by atoms with Crippen molar-refractivity contribution in [2.75, 3.05) is 30.9 Å². The smallest absolute Gasteiger partial charge is 0.273 e. The molecule has 1 atom stereocenters. The molecular weight excluding hydrogens is 246 g/mol. The zero-order valence-electron chi connectivity index (χ0n) is 11.2. The van der Waals surface area contributed by atoms with Crippen LogP contribution in [0.3, 0.4) is 0 Å². The Labute approximate surface area is 112 Å². The third-order valence-electron chi connectivity index (χ3n) is 3.30. The predicted octanol–water partition coefficient (Wildman–Crippen LogP) is 2.62. The van der Waals surface area contributed by atoms with E-state index in [0.717, 1.165) is 30.8 Å². The Morgan fingerprint density at radius 2 is 2.11 bits per heavy atom. The molecule has 104 valence electrons. The number of ether oxygens (including phenoxy) is 1. The molecule has 0 bridgehead atoms. The van der Waals surface area contributed by atoms with Crippen molar-refractivity contribution in [3.8, 4) is 0 Å². The summed E-state index contributed by atoms with van der Waals surface area (Å²) in [5.74, 6) is 0. The SMILES string of the molecule is CNc1cc(NC2(C)CCCOC2)cc([N+](=O)[O-])c1. The van der Waals surface area contributed by atoms with E-state index >= 15 is 0 Å². The molecule has 1 saturated heterocycles. The van der Waals surface area contributed by atoms with Crippen LogP contribution in [0, 0.1) is 10.1 Å². The summed E-state index contributed by atoms with van der Waals surface area (Å²) < 4.78 is 5.48. The third-order valence-corrected chi connectivity index (χ3v) is 3.30. The van der Waals surface area contributed by atoms with E-state index in [2.05, 4.69) is 17.6 Å². The van der Waals surface area contributed by atoms with Crippen molar-refractivity contribution in [1.82, 2.24) is 0 Å². The van der Waals surface area contributed by atoms with Crippen molar-refractivity contribution in [3.63, 3.8) is 0 Å². The largest absolute Gasteiger partial charge is 0.388 e. The highest BCUT2D eigenvalue weighted by atomic mass is 16.6. The predicted molar refractivity (Wildman–Crippen MR) is 74.7 cm³/mol. The molecule has 1 aliphatic heterocycles. The summed E-state index contributed by atoms with van der Waals surface area (Å²) in [5, 5.41) is 17.2. The van der Waals surface area contributed by atoms with E-state index in [1.165, 1.54) is 6.07 Å². The maximum Gasteiger partial charge on any atom is 0.273 e. The quantitative estimate of drug-likeness (QED) is 0.646. The number of hydrogen-bond acceptors (Lipinski definition) is 5. The standard InChI is InChI=1S/C13H19N3O3/c1-13(4-3-5-19-9-13)15-11-6-10(14-2)7-12(8-11)16(17)18/h6-8,14-15H,3-5,9H2,1-2H3. The number of nitro groups is 1. The Morgan fingerprint density at radius 1 is 1.37 bits per heavy atom. The first-order valence-electron chi connectivity index (χ1n) is 6.36. The van der Waals surface area contributed by atoms with Gasteiger partial charge >= 0.3 is 0 Å². The minimum atomic E-state index is -0.383. The molecule has 6 heteroatoms. The highest BCUT2D eigenvalue weighted by molar-refractivity contribution is 5.64. The molecule has 2 N–H and O–H groups in total. The van der Waals surface area contributed by atoms with Gasteiger partial charge in [0.2, 0.25) is 0 Å². The van der Waals surface area contributed by atoms with Gasteiger partial charge in [-0.25, -0.2) is 0 Å². The Balaban J connectivity index is 2.23. The molecule has 2 rings (SSSR count). The lowest BCUT2D eigenvalue weighted by molar-refractivity contribution is -0.384. The van der Waals surface area contributed by atoms with Crippen molar-refractivity contribution in [3.05, 3.63) is 28.3 Å². The fourth-order valence-corrected chi connectivity index (χ4v) is 2.31. The zero-order valence-corrected chi connectivity index (χ0v) is 11.2. The molecule has 1 aromatic carbocycles. The van der Waals surface area contributed by atoms with Crippen LogP contribution in [0.2, 0.25) is 0 Å². The summed E-state index contributed by atoms with van der Waals surface area (Å²) in [4.78, 5) is 10.5. The van der Waals surface area contributed by atoms with Crippen LogP contribution in [-0.4, -0.2) is 30.7 Å². The monoisotopic (exact) mass is 265 g/mol. The number of nitrogens with zero attached hydrogens (tertiary/aromatic N) is 1. The second kappa shape index (κ2) is 5.44. The van der Waals surface area contributed by atoms with Crippen molar-refractivity contribution in [2.45, 2.75) is 25.3 Å². The van der Waals surface area contributed by atoms with E-state index in [4.69, 9.17) is 4.74 Å². The average Bonchev–Trinajstić information content (AvgIpc) is 2.38. The molecule has 1 unspecified atom stereocenters. The molecule has 0 amide bonds. The highest BCUT2D eigenvalue weighted by Gasteiger charge is 2.27. The Morgan fingerprint density at radius 3 is 2.68 bits per heavy atom. The Kier molecular flexibility index (Phi) is 3.90. The molecule has 0 aromatic heterocycles. The van der Waals surface area contributed by atoms with Gasteiger partial charge in [-0.3, -0.25) is 10.1 Å². The van der Waals surface area contributed by atoms with Crippen LogP contribution < -0.4 is 10.6 Å². The van der Waals surface area contributed by atoms with E-state index < -0.39 is 0 Å². The third kappa shape index (κ3) is 3.35. The van der Waals surface area contributed by atoms with E-state index in [0.29, 0.717) is 6.61 Å². The number of nitrogens with one attached hydrogen (secondary N) is 2. The molecular formula is C13H19N3O3. The lowest BCUT2D eigenvalue weighted by Gasteiger charge is -2.35. The van der Waals surface area contributed by atoms with Gasteiger partial charge in [0.05, 0.1) is 17.1 Å². The summed E-state index contributed by atoms with van der Waals surface area (Å²) in [5.41, 5.74) is 1.37. The fourth-order valence-electron chi connectivity index (χ4n) is 2.31. The Bertz CT molecular complexity index is 470. The highest BCUT2D eigenvalue weighted by Crippen LogP contribution is 2.29. The topological polar surface area (TPSA) is 76.4 Å². The van der Waals surface area contributed by atoms with Gasteiger partial charge in [-0.2, -0.15) is 0 Å². The van der Waals surface area contributed by atoms with Crippen LogP contribution >= 0.6 is 0 Å². The summed E-state index contributed by atoms with van der Waals surface area (Å²) in [6, 6.07) is 4.94. The zero-order chi connectivity index (χ0) is 13.9. The Hall–Kier alpha value is -1.82. The molecule has 0 saturated carbocycles. The lowest BCUT2D eigenvalue weighted by Crippen LogP contribution is -2.43. The van der Waals surface area contributed by atoms with Gasteiger partial charge in [-0.15, -0.1) is 0 Å². The summed E-state index contributed by atoms with van der Waals surface area (Å²) in [6.45, 7) is 3.47. The van der Waals surface area contributed by atoms with Gasteiger partial charge in [0.25, 0.3) is 5.69 Å². The molecule has 1 heterocycles. The molecule has 0 spiro atoms. The normalized spacial score (nSPS) is 22.8. The van der Waals surface area contributed by atoms with Gasteiger partial charge in [0.15, 0.2) is 0 Å². The van der Waals surface area contributed by atoms with E-state index in [9.17, 15) is 10.1 Å². The van der Waals surface area contributed by atoms with Crippen molar-refractivity contribution in [2.24, 2.45) is 0 Å². The molecule has 1 fully saturated rings. The van der Waals surface area contributed by atoms with Gasteiger partial charge in [-0.05, 0) is 25.8 Å². The van der Waals surface area contributed by atoms with Crippen LogP contribution in [0.4, 0.5) is 17.1 Å². The second-order valence-electron chi connectivity index (χ2n) is 5.12. The molecule has 0 radical (unpaired) electrons. The minimum absolute atomic E-state index is 0.0784. The van der Waals surface area contributed by atoms with E-state index in [1.807, 2.05) is 6.07 Å². The number of anilines is 2. The number of non-ortho nitro benzene ring substituents is 1. The molecule has 0 aliphatic carbocycles. The molecule has 6 nitrogen and oxygen atoms in total. The van der Waals surface area contributed by atoms with Gasteiger partial charge in [0, 0.05) is 37.2 Å². The van der Waals surface area contributed by atoms with Gasteiger partial charge in [-0.1, -0.05) is 0 Å². The van der Waals surface area contributed by atoms with Crippen molar-refractivity contribution in [1.29, 1.82) is 0 Å². The number of nitro benzene ring substituents is 1. The van der Waals surface area contributed by atoms with Crippen LogP contribution in [0.15, 0.2) is 18.2 Å². The molecule has 1 aliphatic rings. The van der Waals surface area contributed by atoms with Crippen molar-refractivity contribution < 1.29 is 9.66 Å². The van der Waals surface area contributed by atoms with E-state index in [1.54, 1.807) is 13.1 Å². The van der Waals surface area contributed by atoms with Crippen molar-refractivity contribution >= 4 is 17.1 Å². The molecule has 1 aromatic rings. The number of benzene rings is 1.